The number of phenols is 1. The minimum Gasteiger partial charge on any atom is -0.505 e. The van der Waals surface area contributed by atoms with Gasteiger partial charge in [0.05, 0.1) is 6.10 Å². The third kappa shape index (κ3) is 3.12. The number of nitrogens with one attached hydrogen (secondary N) is 1. The van der Waals surface area contributed by atoms with Gasteiger partial charge < -0.3 is 20.6 Å². The average molecular weight is 247 g/mol. The largest absolute Gasteiger partial charge is 0.505 e. The number of hydrogen-bond donors (Lipinski definition) is 4. The summed E-state index contributed by atoms with van der Waals surface area (Å²) in [5, 5.41) is 30.9. The van der Waals surface area contributed by atoms with E-state index in [-0.39, 0.29) is 12.0 Å². The lowest BCUT2D eigenvalue weighted by atomic mass is 10.0. The van der Waals surface area contributed by atoms with Gasteiger partial charge in [-0.3, -0.25) is 0 Å². The number of phenolic OH excluding ortho intramolecular Hbond substituents is 1. The van der Waals surface area contributed by atoms with Crippen molar-refractivity contribution in [2.24, 2.45) is 0 Å². The molecule has 0 saturated carbocycles. The molecule has 0 amide bonds. The van der Waals surface area contributed by atoms with Crippen LogP contribution in [0.25, 0.3) is 0 Å². The quantitative estimate of drug-likeness (QED) is 0.617. The molecule has 2 atom stereocenters. The number of rotatable bonds is 5. The molecule has 0 spiro atoms. The Hall–Kier alpha value is -1.24. The van der Waals surface area contributed by atoms with E-state index >= 15 is 0 Å². The molecule has 0 radical (unpaired) electrons. The summed E-state index contributed by atoms with van der Waals surface area (Å²) in [7, 11) is 1.67. The van der Waals surface area contributed by atoms with Gasteiger partial charge in [0, 0.05) is 5.56 Å². The fourth-order valence-corrected chi connectivity index (χ4v) is 1.44. The molecule has 1 rings (SSSR count). The standard InChI is InChI=1S/C11H15F2NO3/c1-14-5-4-8(16)11(17)6-2-3-7(15)10(13)9(6)12/h2-3,8,11,14-17H,4-5H2,1H3. The first-order chi connectivity index (χ1) is 7.99. The number of aromatic hydroxyl groups is 1. The summed E-state index contributed by atoms with van der Waals surface area (Å²) in [4.78, 5) is 0. The third-order valence-corrected chi connectivity index (χ3v) is 2.47. The predicted molar refractivity (Wildman–Crippen MR) is 57.5 cm³/mol. The average Bonchev–Trinajstić information content (AvgIpc) is 2.32. The highest BCUT2D eigenvalue weighted by Gasteiger charge is 2.24. The fourth-order valence-electron chi connectivity index (χ4n) is 1.44. The molecule has 4 nitrogen and oxygen atoms in total. The predicted octanol–water partition coefficient (Wildman–Crippen LogP) is 0.674. The van der Waals surface area contributed by atoms with Gasteiger partial charge in [0.1, 0.15) is 6.10 Å². The summed E-state index contributed by atoms with van der Waals surface area (Å²) in [6.45, 7) is 0.431. The minimum atomic E-state index is -1.53. The molecule has 0 aliphatic heterocycles. The van der Waals surface area contributed by atoms with Crippen molar-refractivity contribution in [3.63, 3.8) is 0 Å². The van der Waals surface area contributed by atoms with Crippen molar-refractivity contribution in [3.8, 4) is 5.75 Å². The van der Waals surface area contributed by atoms with Gasteiger partial charge in [-0.15, -0.1) is 0 Å². The topological polar surface area (TPSA) is 72.7 Å². The molecular weight excluding hydrogens is 232 g/mol. The Labute approximate surface area is 97.5 Å². The Morgan fingerprint density at radius 3 is 2.47 bits per heavy atom. The highest BCUT2D eigenvalue weighted by molar-refractivity contribution is 5.31. The molecule has 0 saturated heterocycles. The van der Waals surface area contributed by atoms with E-state index in [0.717, 1.165) is 12.1 Å². The molecule has 2 unspecified atom stereocenters. The zero-order chi connectivity index (χ0) is 13.0. The van der Waals surface area contributed by atoms with Crippen LogP contribution in [0.5, 0.6) is 5.75 Å². The number of aliphatic hydroxyl groups excluding tert-OH is 2. The molecule has 6 heteroatoms. The van der Waals surface area contributed by atoms with E-state index in [0.29, 0.717) is 6.54 Å². The lowest BCUT2D eigenvalue weighted by molar-refractivity contribution is 0.0116. The van der Waals surface area contributed by atoms with Crippen molar-refractivity contribution in [2.75, 3.05) is 13.6 Å². The zero-order valence-corrected chi connectivity index (χ0v) is 9.32. The van der Waals surface area contributed by atoms with Gasteiger partial charge in [-0.1, -0.05) is 0 Å². The van der Waals surface area contributed by atoms with Crippen LogP contribution in [0.15, 0.2) is 12.1 Å². The monoisotopic (exact) mass is 247 g/mol. The molecule has 17 heavy (non-hydrogen) atoms. The summed E-state index contributed by atoms with van der Waals surface area (Å²) < 4.78 is 26.4. The van der Waals surface area contributed by atoms with Crippen LogP contribution in [0.1, 0.15) is 18.1 Å². The zero-order valence-electron chi connectivity index (χ0n) is 9.32. The van der Waals surface area contributed by atoms with Crippen molar-refractivity contribution in [1.29, 1.82) is 0 Å². The molecule has 0 aliphatic rings. The molecule has 1 aromatic rings. The van der Waals surface area contributed by atoms with Gasteiger partial charge in [0.25, 0.3) is 0 Å². The summed E-state index contributed by atoms with van der Waals surface area (Å²) in [6.07, 6.45) is -2.54. The van der Waals surface area contributed by atoms with Crippen molar-refractivity contribution in [3.05, 3.63) is 29.3 Å². The maximum Gasteiger partial charge on any atom is 0.200 e. The van der Waals surface area contributed by atoms with E-state index in [1.54, 1.807) is 7.05 Å². The van der Waals surface area contributed by atoms with Crippen LogP contribution in [0, 0.1) is 11.6 Å². The highest BCUT2D eigenvalue weighted by Crippen LogP contribution is 2.27. The first-order valence-electron chi connectivity index (χ1n) is 5.16. The van der Waals surface area contributed by atoms with Gasteiger partial charge in [-0.05, 0) is 32.1 Å². The molecule has 96 valence electrons. The second-order valence-corrected chi connectivity index (χ2v) is 3.71. The number of aliphatic hydroxyl groups is 2. The molecular formula is C11H15F2NO3. The molecule has 0 fully saturated rings. The number of hydrogen-bond acceptors (Lipinski definition) is 4. The Bertz CT molecular complexity index is 387. The minimum absolute atomic E-state index is 0.194. The molecule has 0 heterocycles. The molecule has 0 aliphatic carbocycles. The molecule has 4 N–H and O–H groups in total. The summed E-state index contributed by atoms with van der Waals surface area (Å²) in [5.41, 5.74) is -0.371. The van der Waals surface area contributed by atoms with Crippen molar-refractivity contribution < 1.29 is 24.1 Å². The second-order valence-electron chi connectivity index (χ2n) is 3.71. The van der Waals surface area contributed by atoms with Crippen molar-refractivity contribution in [2.45, 2.75) is 18.6 Å². The van der Waals surface area contributed by atoms with Gasteiger partial charge in [0.2, 0.25) is 5.82 Å². The molecule has 0 aromatic heterocycles. The Morgan fingerprint density at radius 1 is 1.24 bits per heavy atom. The third-order valence-electron chi connectivity index (χ3n) is 2.47. The van der Waals surface area contributed by atoms with Gasteiger partial charge in [-0.25, -0.2) is 4.39 Å². The Morgan fingerprint density at radius 2 is 1.88 bits per heavy atom. The number of halogens is 2. The van der Waals surface area contributed by atoms with Crippen LogP contribution >= 0.6 is 0 Å². The maximum atomic E-state index is 13.4. The number of benzene rings is 1. The summed E-state index contributed by atoms with van der Waals surface area (Å²) in [6, 6.07) is 1.97. The highest BCUT2D eigenvalue weighted by atomic mass is 19.2. The van der Waals surface area contributed by atoms with E-state index in [9.17, 15) is 19.0 Å². The van der Waals surface area contributed by atoms with Crippen molar-refractivity contribution in [1.82, 2.24) is 5.32 Å². The Balaban J connectivity index is 2.89. The van der Waals surface area contributed by atoms with Gasteiger partial charge in [-0.2, -0.15) is 4.39 Å². The first kappa shape index (κ1) is 13.8. The Kier molecular flexibility index (Phi) is 4.80. The normalized spacial score (nSPS) is 14.6. The van der Waals surface area contributed by atoms with E-state index in [2.05, 4.69) is 5.32 Å². The molecule has 0 bridgehead atoms. The lowest BCUT2D eigenvalue weighted by Gasteiger charge is -2.18. The van der Waals surface area contributed by atoms with Crippen LogP contribution < -0.4 is 5.32 Å². The maximum absolute atomic E-state index is 13.4. The van der Waals surface area contributed by atoms with Crippen LogP contribution in [-0.2, 0) is 0 Å². The van der Waals surface area contributed by atoms with Crippen LogP contribution in [-0.4, -0.2) is 35.0 Å². The fraction of sp³-hybridized carbons (Fsp3) is 0.455. The van der Waals surface area contributed by atoms with E-state index < -0.39 is 29.6 Å². The van der Waals surface area contributed by atoms with E-state index in [4.69, 9.17) is 5.11 Å². The smallest absolute Gasteiger partial charge is 0.200 e. The lowest BCUT2D eigenvalue weighted by Crippen LogP contribution is -2.24. The summed E-state index contributed by atoms with van der Waals surface area (Å²) >= 11 is 0. The van der Waals surface area contributed by atoms with Crippen molar-refractivity contribution >= 4 is 0 Å². The van der Waals surface area contributed by atoms with Crippen LogP contribution in [0.2, 0.25) is 0 Å². The van der Waals surface area contributed by atoms with Crippen LogP contribution in [0.4, 0.5) is 8.78 Å². The first-order valence-corrected chi connectivity index (χ1v) is 5.16. The van der Waals surface area contributed by atoms with Gasteiger partial charge in [0.15, 0.2) is 11.6 Å². The SMILES string of the molecule is CNCCC(O)C(O)c1ccc(O)c(F)c1F. The van der Waals surface area contributed by atoms with Crippen LogP contribution in [0.3, 0.4) is 0 Å². The summed E-state index contributed by atoms with van der Waals surface area (Å²) in [5.74, 6) is -3.61. The second kappa shape index (κ2) is 5.90. The van der Waals surface area contributed by atoms with Gasteiger partial charge >= 0.3 is 0 Å². The molecule has 1 aromatic carbocycles. The van der Waals surface area contributed by atoms with E-state index in [1.807, 2.05) is 0 Å². The van der Waals surface area contributed by atoms with E-state index in [1.165, 1.54) is 0 Å².